The van der Waals surface area contributed by atoms with Crippen molar-refractivity contribution in [2.24, 2.45) is 7.05 Å². The molecule has 2 aromatic rings. The van der Waals surface area contributed by atoms with Crippen molar-refractivity contribution < 1.29 is 0 Å². The topological polar surface area (TPSA) is 29.9 Å². The highest BCUT2D eigenvalue weighted by Gasteiger charge is 2.16. The fraction of sp³-hybridized carbons (Fsp3) is 0.462. The molecule has 2 rings (SSSR count). The van der Waals surface area contributed by atoms with Gasteiger partial charge in [0.25, 0.3) is 0 Å². The van der Waals surface area contributed by atoms with Gasteiger partial charge in [-0.15, -0.1) is 11.3 Å². The predicted molar refractivity (Wildman–Crippen MR) is 72.4 cm³/mol. The molecule has 0 saturated carbocycles. The van der Waals surface area contributed by atoms with Crippen LogP contribution < -0.4 is 5.32 Å². The van der Waals surface area contributed by atoms with Crippen molar-refractivity contribution >= 4 is 11.3 Å². The summed E-state index contributed by atoms with van der Waals surface area (Å²) in [6.45, 7) is 5.33. The van der Waals surface area contributed by atoms with Crippen LogP contribution >= 0.6 is 11.3 Å². The van der Waals surface area contributed by atoms with Crippen molar-refractivity contribution in [2.75, 3.05) is 6.54 Å². The van der Waals surface area contributed by atoms with Crippen molar-refractivity contribution in [3.05, 3.63) is 40.1 Å². The monoisotopic (exact) mass is 249 g/mol. The molecule has 1 unspecified atom stereocenters. The number of rotatable bonds is 5. The van der Waals surface area contributed by atoms with E-state index in [9.17, 15) is 0 Å². The van der Waals surface area contributed by atoms with Gasteiger partial charge in [0.15, 0.2) is 0 Å². The van der Waals surface area contributed by atoms with Crippen LogP contribution in [0.5, 0.6) is 0 Å². The van der Waals surface area contributed by atoms with Crippen molar-refractivity contribution in [3.63, 3.8) is 0 Å². The molecule has 3 nitrogen and oxygen atoms in total. The van der Waals surface area contributed by atoms with Crippen LogP contribution in [0.1, 0.15) is 35.5 Å². The normalized spacial score (nSPS) is 12.9. The van der Waals surface area contributed by atoms with E-state index in [4.69, 9.17) is 0 Å². The molecule has 4 heteroatoms. The third-order valence-electron chi connectivity index (χ3n) is 2.70. The lowest BCUT2D eigenvalue weighted by atomic mass is 10.1. The number of hydrogen-bond donors (Lipinski definition) is 1. The number of nitrogens with one attached hydrogen (secondary N) is 1. The maximum atomic E-state index is 4.46. The first-order valence-corrected chi connectivity index (χ1v) is 6.85. The Morgan fingerprint density at radius 1 is 1.53 bits per heavy atom. The minimum Gasteiger partial charge on any atom is -0.340 e. The molecule has 0 aromatic carbocycles. The number of nitrogens with zero attached hydrogens (tertiary/aromatic N) is 2. The summed E-state index contributed by atoms with van der Waals surface area (Å²) >= 11 is 1.79. The van der Waals surface area contributed by atoms with Crippen molar-refractivity contribution in [3.8, 4) is 0 Å². The summed E-state index contributed by atoms with van der Waals surface area (Å²) in [7, 11) is 2.01. The molecule has 1 N–H and O–H groups in total. The van der Waals surface area contributed by atoms with Gasteiger partial charge in [0.1, 0.15) is 0 Å². The molecule has 0 aliphatic carbocycles. The molecule has 2 heterocycles. The Morgan fingerprint density at radius 2 is 2.35 bits per heavy atom. The molecular formula is C13H19N3S. The van der Waals surface area contributed by atoms with Gasteiger partial charge in [-0.25, -0.2) is 4.98 Å². The summed E-state index contributed by atoms with van der Waals surface area (Å²) in [6, 6.07) is 2.47. The number of imidazole rings is 1. The van der Waals surface area contributed by atoms with Crippen LogP contribution in [0, 0.1) is 6.92 Å². The summed E-state index contributed by atoms with van der Waals surface area (Å²) in [6.07, 6.45) is 5.07. The minimum atomic E-state index is 0.223. The zero-order chi connectivity index (χ0) is 12.3. The third kappa shape index (κ3) is 2.96. The fourth-order valence-electron chi connectivity index (χ4n) is 1.88. The van der Waals surface area contributed by atoms with Crippen LogP contribution in [0.15, 0.2) is 24.0 Å². The van der Waals surface area contributed by atoms with Crippen LogP contribution in [-0.4, -0.2) is 16.1 Å². The van der Waals surface area contributed by atoms with Crippen molar-refractivity contribution in [1.82, 2.24) is 14.9 Å². The van der Waals surface area contributed by atoms with E-state index in [0.717, 1.165) is 18.7 Å². The SMILES string of the molecule is CCCNC(c1csc(C)c1)c1cn(C)cn1. The second-order valence-corrected chi connectivity index (χ2v) is 5.46. The Balaban J connectivity index is 2.24. The Morgan fingerprint density at radius 3 is 2.88 bits per heavy atom. The van der Waals surface area contributed by atoms with E-state index in [1.54, 1.807) is 11.3 Å². The molecule has 0 aliphatic rings. The zero-order valence-electron chi connectivity index (χ0n) is 10.6. The maximum absolute atomic E-state index is 4.46. The average molecular weight is 249 g/mol. The highest BCUT2D eigenvalue weighted by molar-refractivity contribution is 7.10. The lowest BCUT2D eigenvalue weighted by Crippen LogP contribution is -2.23. The lowest BCUT2D eigenvalue weighted by Gasteiger charge is -2.15. The van der Waals surface area contributed by atoms with Gasteiger partial charge in [-0.05, 0) is 36.9 Å². The van der Waals surface area contributed by atoms with Crippen LogP contribution in [0.25, 0.3) is 0 Å². The van der Waals surface area contributed by atoms with Gasteiger partial charge >= 0.3 is 0 Å². The number of aryl methyl sites for hydroxylation is 2. The fourth-order valence-corrected chi connectivity index (χ4v) is 2.61. The van der Waals surface area contributed by atoms with Crippen LogP contribution in [-0.2, 0) is 7.05 Å². The molecular weight excluding hydrogens is 230 g/mol. The maximum Gasteiger partial charge on any atom is 0.0947 e. The Hall–Kier alpha value is -1.13. The second-order valence-electron chi connectivity index (χ2n) is 4.34. The van der Waals surface area contributed by atoms with Crippen molar-refractivity contribution in [1.29, 1.82) is 0 Å². The number of aromatic nitrogens is 2. The summed E-state index contributed by atoms with van der Waals surface area (Å²) in [5, 5.41) is 5.78. The second kappa shape index (κ2) is 5.47. The molecule has 0 amide bonds. The molecule has 17 heavy (non-hydrogen) atoms. The molecule has 92 valence electrons. The van der Waals surface area contributed by atoms with Gasteiger partial charge in [0, 0.05) is 18.1 Å². The van der Waals surface area contributed by atoms with Gasteiger partial charge in [-0.1, -0.05) is 6.92 Å². The van der Waals surface area contributed by atoms with E-state index >= 15 is 0 Å². The highest BCUT2D eigenvalue weighted by Crippen LogP contribution is 2.25. The van der Waals surface area contributed by atoms with E-state index in [2.05, 4.69) is 41.8 Å². The first-order chi connectivity index (χ1) is 8.20. The first kappa shape index (κ1) is 12.3. The van der Waals surface area contributed by atoms with E-state index in [1.807, 2.05) is 17.9 Å². The number of hydrogen-bond acceptors (Lipinski definition) is 3. The Bertz CT molecular complexity index is 432. The minimum absolute atomic E-state index is 0.223. The van der Waals surface area contributed by atoms with Crippen LogP contribution in [0.4, 0.5) is 0 Å². The van der Waals surface area contributed by atoms with E-state index in [-0.39, 0.29) is 6.04 Å². The molecule has 0 radical (unpaired) electrons. The summed E-state index contributed by atoms with van der Waals surface area (Å²) in [4.78, 5) is 5.81. The molecule has 1 atom stereocenters. The standard InChI is InChI=1S/C13H19N3S/c1-4-5-14-13(11-6-10(2)17-8-11)12-7-16(3)9-15-12/h6-9,13-14H,4-5H2,1-3H3. The van der Waals surface area contributed by atoms with Gasteiger partial charge < -0.3 is 9.88 Å². The number of thiophene rings is 1. The Labute approximate surface area is 107 Å². The van der Waals surface area contributed by atoms with Gasteiger partial charge in [-0.2, -0.15) is 0 Å². The Kier molecular flexibility index (Phi) is 3.97. The molecule has 0 fully saturated rings. The predicted octanol–water partition coefficient (Wildman–Crippen LogP) is 2.88. The quantitative estimate of drug-likeness (QED) is 0.883. The molecule has 2 aromatic heterocycles. The van der Waals surface area contributed by atoms with Gasteiger partial charge in [0.2, 0.25) is 0 Å². The summed E-state index contributed by atoms with van der Waals surface area (Å²) in [5.41, 5.74) is 2.42. The lowest BCUT2D eigenvalue weighted by molar-refractivity contribution is 0.589. The van der Waals surface area contributed by atoms with E-state index < -0.39 is 0 Å². The molecule has 0 saturated heterocycles. The van der Waals surface area contributed by atoms with Crippen molar-refractivity contribution in [2.45, 2.75) is 26.3 Å². The van der Waals surface area contributed by atoms with Crippen LogP contribution in [0.2, 0.25) is 0 Å². The highest BCUT2D eigenvalue weighted by atomic mass is 32.1. The van der Waals surface area contributed by atoms with Crippen LogP contribution in [0.3, 0.4) is 0 Å². The van der Waals surface area contributed by atoms with E-state index in [0.29, 0.717) is 0 Å². The molecule has 0 bridgehead atoms. The first-order valence-electron chi connectivity index (χ1n) is 5.97. The smallest absolute Gasteiger partial charge is 0.0947 e. The average Bonchev–Trinajstić information content (AvgIpc) is 2.89. The summed E-state index contributed by atoms with van der Waals surface area (Å²) < 4.78 is 2.00. The van der Waals surface area contributed by atoms with Gasteiger partial charge in [-0.3, -0.25) is 0 Å². The third-order valence-corrected chi connectivity index (χ3v) is 3.58. The molecule has 0 spiro atoms. The van der Waals surface area contributed by atoms with Gasteiger partial charge in [0.05, 0.1) is 18.1 Å². The zero-order valence-corrected chi connectivity index (χ0v) is 11.4. The largest absolute Gasteiger partial charge is 0.340 e. The summed E-state index contributed by atoms with van der Waals surface area (Å²) in [5.74, 6) is 0. The van der Waals surface area contributed by atoms with E-state index in [1.165, 1.54) is 10.4 Å². The molecule has 0 aliphatic heterocycles.